The smallest absolute Gasteiger partial charge is 0.251 e. The van der Waals surface area contributed by atoms with Crippen molar-refractivity contribution < 1.29 is 0 Å². The van der Waals surface area contributed by atoms with Crippen LogP contribution in [0.2, 0.25) is 0 Å². The summed E-state index contributed by atoms with van der Waals surface area (Å²) in [5.41, 5.74) is 3.30. The highest BCUT2D eigenvalue weighted by Gasteiger charge is 2.28. The Morgan fingerprint density at radius 1 is 1.10 bits per heavy atom. The largest absolute Gasteiger partial charge is 0.322 e. The van der Waals surface area contributed by atoms with Crippen LogP contribution in [0.15, 0.2) is 53.3 Å². The first-order valence-corrected chi connectivity index (χ1v) is 9.64. The van der Waals surface area contributed by atoms with Crippen molar-refractivity contribution in [2.75, 3.05) is 13.6 Å². The zero-order chi connectivity index (χ0) is 21.0. The fourth-order valence-corrected chi connectivity index (χ4v) is 3.64. The summed E-state index contributed by atoms with van der Waals surface area (Å²) >= 11 is 0. The van der Waals surface area contributed by atoms with E-state index in [1.165, 1.54) is 0 Å². The minimum Gasteiger partial charge on any atom is -0.322 e. The number of hydrogen-bond donors (Lipinski definition) is 1. The van der Waals surface area contributed by atoms with E-state index in [1.54, 1.807) is 12.1 Å². The van der Waals surface area contributed by atoms with Crippen molar-refractivity contribution in [1.82, 2.24) is 9.88 Å². The molecule has 0 spiro atoms. The standard InChI is InChI=1S/C24H24N4O/c1-4-19-11-20-9-10-21(12-22(20)27-23(19)29)24(2,15-26)16-28(3)14-18-7-5-17(13-25)6-8-18/h5-12H,4,14,16H2,1-3H3,(H,27,29). The Bertz CT molecular complexity index is 1160. The SMILES string of the molecule is CCc1cc2ccc(C(C)(C#N)CN(C)Cc3ccc(C#N)cc3)cc2[nH]c1=O. The number of aryl methyl sites for hydroxylation is 1. The van der Waals surface area contributed by atoms with Crippen molar-refractivity contribution in [3.8, 4) is 12.1 Å². The summed E-state index contributed by atoms with van der Waals surface area (Å²) in [5.74, 6) is 0. The van der Waals surface area contributed by atoms with Crippen LogP contribution in [0.25, 0.3) is 10.9 Å². The van der Waals surface area contributed by atoms with Crippen LogP contribution < -0.4 is 5.56 Å². The van der Waals surface area contributed by atoms with Crippen LogP contribution >= 0.6 is 0 Å². The van der Waals surface area contributed by atoms with E-state index in [1.807, 2.05) is 57.3 Å². The van der Waals surface area contributed by atoms with Gasteiger partial charge in [0.25, 0.3) is 5.56 Å². The Morgan fingerprint density at radius 2 is 1.83 bits per heavy atom. The molecule has 0 saturated heterocycles. The van der Waals surface area contributed by atoms with E-state index in [2.05, 4.69) is 22.0 Å². The van der Waals surface area contributed by atoms with Crippen LogP contribution in [0.3, 0.4) is 0 Å². The molecule has 146 valence electrons. The molecule has 29 heavy (non-hydrogen) atoms. The lowest BCUT2D eigenvalue weighted by atomic mass is 9.83. The third-order valence-corrected chi connectivity index (χ3v) is 5.31. The van der Waals surface area contributed by atoms with Crippen molar-refractivity contribution in [3.05, 3.63) is 81.1 Å². The Labute approximate surface area is 170 Å². The predicted octanol–water partition coefficient (Wildman–Crippen LogP) is 3.88. The molecule has 1 atom stereocenters. The van der Waals surface area contributed by atoms with Crippen LogP contribution in [-0.2, 0) is 18.4 Å². The van der Waals surface area contributed by atoms with Gasteiger partial charge in [-0.15, -0.1) is 0 Å². The first-order chi connectivity index (χ1) is 13.9. The lowest BCUT2D eigenvalue weighted by Crippen LogP contribution is -2.35. The number of H-pyrrole nitrogens is 1. The van der Waals surface area contributed by atoms with E-state index in [9.17, 15) is 10.1 Å². The molecule has 2 aromatic carbocycles. The molecule has 0 radical (unpaired) electrons. The maximum absolute atomic E-state index is 12.2. The maximum atomic E-state index is 12.2. The molecular formula is C24H24N4O. The quantitative estimate of drug-likeness (QED) is 0.699. The lowest BCUT2D eigenvalue weighted by Gasteiger charge is -2.28. The molecule has 0 amide bonds. The van der Waals surface area contributed by atoms with Gasteiger partial charge in [-0.25, -0.2) is 0 Å². The molecule has 1 heterocycles. The van der Waals surface area contributed by atoms with Gasteiger partial charge < -0.3 is 9.88 Å². The Hall–Kier alpha value is -3.41. The van der Waals surface area contributed by atoms with Gasteiger partial charge in [0.1, 0.15) is 0 Å². The maximum Gasteiger partial charge on any atom is 0.251 e. The molecule has 5 heteroatoms. The van der Waals surface area contributed by atoms with E-state index in [-0.39, 0.29) is 5.56 Å². The van der Waals surface area contributed by atoms with E-state index < -0.39 is 5.41 Å². The third kappa shape index (κ3) is 4.37. The summed E-state index contributed by atoms with van der Waals surface area (Å²) in [5, 5.41) is 19.8. The topological polar surface area (TPSA) is 83.7 Å². The molecule has 0 fully saturated rings. The summed E-state index contributed by atoms with van der Waals surface area (Å²) in [6.45, 7) is 5.09. The van der Waals surface area contributed by atoms with Crippen LogP contribution in [-0.4, -0.2) is 23.5 Å². The van der Waals surface area contributed by atoms with Crippen molar-refractivity contribution in [3.63, 3.8) is 0 Å². The third-order valence-electron chi connectivity index (χ3n) is 5.31. The van der Waals surface area contributed by atoms with Crippen molar-refractivity contribution >= 4 is 10.9 Å². The minimum atomic E-state index is -0.726. The van der Waals surface area contributed by atoms with Crippen molar-refractivity contribution in [1.29, 1.82) is 10.5 Å². The summed E-state index contributed by atoms with van der Waals surface area (Å²) in [6, 6.07) is 19.8. The molecule has 0 aliphatic rings. The number of benzene rings is 2. The molecule has 5 nitrogen and oxygen atoms in total. The molecule has 1 unspecified atom stereocenters. The molecule has 0 aliphatic carbocycles. The van der Waals surface area contributed by atoms with Gasteiger partial charge in [0.15, 0.2) is 0 Å². The van der Waals surface area contributed by atoms with Gasteiger partial charge >= 0.3 is 0 Å². The first-order valence-electron chi connectivity index (χ1n) is 9.64. The second kappa shape index (κ2) is 8.31. The number of nitriles is 2. The summed E-state index contributed by atoms with van der Waals surface area (Å²) in [4.78, 5) is 17.2. The van der Waals surface area contributed by atoms with Gasteiger partial charge in [-0.05, 0) is 61.2 Å². The highest BCUT2D eigenvalue weighted by Crippen LogP contribution is 2.27. The second-order valence-electron chi connectivity index (χ2n) is 7.70. The summed E-state index contributed by atoms with van der Waals surface area (Å²) in [7, 11) is 1.98. The number of pyridine rings is 1. The van der Waals surface area contributed by atoms with E-state index in [0.717, 1.165) is 27.6 Å². The number of fused-ring (bicyclic) bond motifs is 1. The fourth-order valence-electron chi connectivity index (χ4n) is 3.64. The number of aromatic amines is 1. The number of likely N-dealkylation sites (N-methyl/N-ethyl adjacent to an activating group) is 1. The fraction of sp³-hybridized carbons (Fsp3) is 0.292. The van der Waals surface area contributed by atoms with Gasteiger partial charge in [-0.1, -0.05) is 31.2 Å². The average molecular weight is 384 g/mol. The zero-order valence-corrected chi connectivity index (χ0v) is 17.0. The first kappa shape index (κ1) is 20.3. The number of nitrogens with zero attached hydrogens (tertiary/aromatic N) is 3. The molecule has 3 aromatic rings. The van der Waals surface area contributed by atoms with Crippen LogP contribution in [0.5, 0.6) is 0 Å². The van der Waals surface area contributed by atoms with E-state index >= 15 is 0 Å². The van der Waals surface area contributed by atoms with Crippen molar-refractivity contribution in [2.45, 2.75) is 32.2 Å². The predicted molar refractivity (Wildman–Crippen MR) is 114 cm³/mol. The number of nitrogens with one attached hydrogen (secondary N) is 1. The van der Waals surface area contributed by atoms with Crippen LogP contribution in [0, 0.1) is 22.7 Å². The molecule has 0 saturated carbocycles. The summed E-state index contributed by atoms with van der Waals surface area (Å²) in [6.07, 6.45) is 0.684. The Balaban J connectivity index is 1.85. The number of aromatic nitrogens is 1. The highest BCUT2D eigenvalue weighted by atomic mass is 16.1. The number of rotatable bonds is 6. The second-order valence-corrected chi connectivity index (χ2v) is 7.70. The molecule has 1 aromatic heterocycles. The molecule has 0 aliphatic heterocycles. The lowest BCUT2D eigenvalue weighted by molar-refractivity contribution is 0.281. The summed E-state index contributed by atoms with van der Waals surface area (Å²) < 4.78 is 0. The van der Waals surface area contributed by atoms with Gasteiger partial charge in [0, 0.05) is 24.2 Å². The zero-order valence-electron chi connectivity index (χ0n) is 17.0. The van der Waals surface area contributed by atoms with Gasteiger partial charge in [0.05, 0.1) is 23.1 Å². The average Bonchev–Trinajstić information content (AvgIpc) is 2.73. The molecular weight excluding hydrogens is 360 g/mol. The van der Waals surface area contributed by atoms with E-state index in [4.69, 9.17) is 5.26 Å². The monoisotopic (exact) mass is 384 g/mol. The molecule has 3 rings (SSSR count). The number of hydrogen-bond acceptors (Lipinski definition) is 4. The Kier molecular flexibility index (Phi) is 5.82. The van der Waals surface area contributed by atoms with Gasteiger partial charge in [-0.3, -0.25) is 4.79 Å². The Morgan fingerprint density at radius 3 is 2.45 bits per heavy atom. The van der Waals surface area contributed by atoms with Crippen LogP contribution in [0.4, 0.5) is 0 Å². The minimum absolute atomic E-state index is 0.0752. The van der Waals surface area contributed by atoms with E-state index in [0.29, 0.717) is 25.1 Å². The normalized spacial score (nSPS) is 13.0. The van der Waals surface area contributed by atoms with Crippen molar-refractivity contribution in [2.24, 2.45) is 0 Å². The van der Waals surface area contributed by atoms with Crippen LogP contribution in [0.1, 0.15) is 36.1 Å². The molecule has 0 bridgehead atoms. The highest BCUT2D eigenvalue weighted by molar-refractivity contribution is 5.80. The molecule has 1 N–H and O–H groups in total. The van der Waals surface area contributed by atoms with Gasteiger partial charge in [0.2, 0.25) is 0 Å². The van der Waals surface area contributed by atoms with Gasteiger partial charge in [-0.2, -0.15) is 10.5 Å².